The van der Waals surface area contributed by atoms with E-state index < -0.39 is 0 Å². The molecule has 0 unspecified atom stereocenters. The summed E-state index contributed by atoms with van der Waals surface area (Å²) in [5.41, 5.74) is 0.912. The first-order valence-electron chi connectivity index (χ1n) is 9.40. The molecule has 0 aromatic carbocycles. The van der Waals surface area contributed by atoms with Crippen molar-refractivity contribution >= 4 is 35.8 Å². The van der Waals surface area contributed by atoms with Crippen molar-refractivity contribution in [3.05, 3.63) is 23.9 Å². The highest BCUT2D eigenvalue weighted by Crippen LogP contribution is 2.19. The molecular formula is C19H35IN6O. The number of aromatic nitrogens is 1. The molecule has 0 spiro atoms. The summed E-state index contributed by atoms with van der Waals surface area (Å²) in [4.78, 5) is 14.1. The van der Waals surface area contributed by atoms with Crippen molar-refractivity contribution in [2.24, 2.45) is 4.99 Å². The van der Waals surface area contributed by atoms with E-state index in [-0.39, 0.29) is 29.6 Å². The van der Waals surface area contributed by atoms with Crippen LogP contribution < -0.4 is 15.5 Å². The Morgan fingerprint density at radius 3 is 2.59 bits per heavy atom. The van der Waals surface area contributed by atoms with Crippen molar-refractivity contribution < 1.29 is 4.74 Å². The summed E-state index contributed by atoms with van der Waals surface area (Å²) in [6.07, 6.45) is 1.87. The Morgan fingerprint density at radius 1 is 1.26 bits per heavy atom. The molecule has 2 N–H and O–H groups in total. The van der Waals surface area contributed by atoms with Crippen molar-refractivity contribution in [2.75, 3.05) is 58.3 Å². The maximum atomic E-state index is 5.47. The molecule has 1 aromatic rings. The lowest BCUT2D eigenvalue weighted by atomic mass is 10.1. The number of hydrogen-bond acceptors (Lipinski definition) is 5. The van der Waals surface area contributed by atoms with E-state index in [1.54, 1.807) is 7.11 Å². The molecule has 0 aliphatic carbocycles. The SMILES string of the molecule is CCNC(=NCc1cccnc1N1CCN(C)CC1)NCC(C)(C)OC.I. The molecule has 1 saturated heterocycles. The van der Waals surface area contributed by atoms with Gasteiger partial charge in [-0.2, -0.15) is 0 Å². The first-order chi connectivity index (χ1) is 12.4. The minimum Gasteiger partial charge on any atom is -0.377 e. The number of methoxy groups -OCH3 is 1. The van der Waals surface area contributed by atoms with Gasteiger partial charge in [-0.3, -0.25) is 0 Å². The van der Waals surface area contributed by atoms with E-state index in [4.69, 9.17) is 9.73 Å². The van der Waals surface area contributed by atoms with Gasteiger partial charge in [-0.05, 0) is 33.9 Å². The second kappa shape index (κ2) is 11.7. The van der Waals surface area contributed by atoms with Crippen LogP contribution in [0.4, 0.5) is 5.82 Å². The Bertz CT molecular complexity index is 587. The summed E-state index contributed by atoms with van der Waals surface area (Å²) in [6.45, 7) is 12.4. The molecule has 1 aliphatic heterocycles. The third-order valence-electron chi connectivity index (χ3n) is 4.66. The summed E-state index contributed by atoms with van der Waals surface area (Å²) < 4.78 is 5.47. The largest absolute Gasteiger partial charge is 0.377 e. The molecule has 1 fully saturated rings. The van der Waals surface area contributed by atoms with Gasteiger partial charge in [-0.25, -0.2) is 9.98 Å². The molecule has 27 heavy (non-hydrogen) atoms. The number of pyridine rings is 1. The summed E-state index contributed by atoms with van der Waals surface area (Å²) in [5, 5.41) is 6.66. The second-order valence-electron chi connectivity index (χ2n) is 7.29. The van der Waals surface area contributed by atoms with Crippen LogP contribution in [0.3, 0.4) is 0 Å². The van der Waals surface area contributed by atoms with E-state index in [1.165, 1.54) is 0 Å². The number of nitrogens with zero attached hydrogens (tertiary/aromatic N) is 4. The molecule has 0 radical (unpaired) electrons. The van der Waals surface area contributed by atoms with Gasteiger partial charge in [0.15, 0.2) is 5.96 Å². The van der Waals surface area contributed by atoms with Crippen LogP contribution in [0.25, 0.3) is 0 Å². The number of rotatable bonds is 7. The van der Waals surface area contributed by atoms with Crippen LogP contribution in [0, 0.1) is 0 Å². The van der Waals surface area contributed by atoms with Gasteiger partial charge in [0, 0.05) is 58.1 Å². The van der Waals surface area contributed by atoms with Crippen molar-refractivity contribution in [3.8, 4) is 0 Å². The van der Waals surface area contributed by atoms with Gasteiger partial charge in [0.2, 0.25) is 0 Å². The number of hydrogen-bond donors (Lipinski definition) is 2. The third-order valence-corrected chi connectivity index (χ3v) is 4.66. The molecule has 1 aromatic heterocycles. The average Bonchev–Trinajstić information content (AvgIpc) is 2.65. The van der Waals surface area contributed by atoms with Gasteiger partial charge >= 0.3 is 0 Å². The Hall–Kier alpha value is -1.13. The fraction of sp³-hybridized carbons (Fsp3) is 0.684. The summed E-state index contributed by atoms with van der Waals surface area (Å²) in [6, 6.07) is 4.10. The number of ether oxygens (including phenoxy) is 1. The molecule has 7 nitrogen and oxygen atoms in total. The maximum absolute atomic E-state index is 5.47. The number of nitrogens with one attached hydrogen (secondary N) is 2. The van der Waals surface area contributed by atoms with E-state index in [1.807, 2.05) is 12.3 Å². The zero-order chi connectivity index (χ0) is 19.0. The molecule has 154 valence electrons. The Balaban J connectivity index is 0.00000364. The number of guanidine groups is 1. The first kappa shape index (κ1) is 23.9. The van der Waals surface area contributed by atoms with Crippen LogP contribution in [0.15, 0.2) is 23.3 Å². The molecule has 1 aliphatic rings. The van der Waals surface area contributed by atoms with Crippen molar-refractivity contribution in [1.29, 1.82) is 0 Å². The number of anilines is 1. The van der Waals surface area contributed by atoms with Crippen LogP contribution in [0.1, 0.15) is 26.3 Å². The van der Waals surface area contributed by atoms with Crippen molar-refractivity contribution in [3.63, 3.8) is 0 Å². The summed E-state index contributed by atoms with van der Waals surface area (Å²) >= 11 is 0. The zero-order valence-electron chi connectivity index (χ0n) is 17.3. The summed E-state index contributed by atoms with van der Waals surface area (Å²) in [7, 11) is 3.89. The number of halogens is 1. The van der Waals surface area contributed by atoms with E-state index in [2.05, 4.69) is 59.3 Å². The van der Waals surface area contributed by atoms with E-state index in [0.717, 1.165) is 50.1 Å². The molecule has 0 amide bonds. The molecular weight excluding hydrogens is 455 g/mol. The number of aliphatic imine (C=N–C) groups is 1. The van der Waals surface area contributed by atoms with Crippen molar-refractivity contribution in [1.82, 2.24) is 20.5 Å². The second-order valence-corrected chi connectivity index (χ2v) is 7.29. The molecule has 2 rings (SSSR count). The lowest BCUT2D eigenvalue weighted by Gasteiger charge is -2.34. The Labute approximate surface area is 181 Å². The average molecular weight is 490 g/mol. The Kier molecular flexibility index (Phi) is 10.3. The highest BCUT2D eigenvalue weighted by molar-refractivity contribution is 14.0. The minimum atomic E-state index is -0.241. The lowest BCUT2D eigenvalue weighted by Crippen LogP contribution is -2.45. The number of likely N-dealkylation sites (N-methyl/N-ethyl adjacent to an activating group) is 1. The van der Waals surface area contributed by atoms with Crippen LogP contribution in [0.2, 0.25) is 0 Å². The molecule has 2 heterocycles. The normalized spacial score (nSPS) is 16.0. The maximum Gasteiger partial charge on any atom is 0.191 e. The molecule has 0 saturated carbocycles. The fourth-order valence-corrected chi connectivity index (χ4v) is 2.73. The fourth-order valence-electron chi connectivity index (χ4n) is 2.73. The lowest BCUT2D eigenvalue weighted by molar-refractivity contribution is 0.0268. The van der Waals surface area contributed by atoms with Gasteiger partial charge in [0.25, 0.3) is 0 Å². The van der Waals surface area contributed by atoms with Crippen LogP contribution in [-0.2, 0) is 11.3 Å². The smallest absolute Gasteiger partial charge is 0.191 e. The summed E-state index contributed by atoms with van der Waals surface area (Å²) in [5.74, 6) is 1.85. The third kappa shape index (κ3) is 7.79. The van der Waals surface area contributed by atoms with Crippen LogP contribution in [0.5, 0.6) is 0 Å². The van der Waals surface area contributed by atoms with E-state index >= 15 is 0 Å². The van der Waals surface area contributed by atoms with Gasteiger partial charge in [-0.1, -0.05) is 6.07 Å². The van der Waals surface area contributed by atoms with Gasteiger partial charge < -0.3 is 25.2 Å². The topological polar surface area (TPSA) is 65.0 Å². The Morgan fingerprint density at radius 2 is 1.96 bits per heavy atom. The predicted molar refractivity (Wildman–Crippen MR) is 123 cm³/mol. The van der Waals surface area contributed by atoms with Gasteiger partial charge in [-0.15, -0.1) is 24.0 Å². The van der Waals surface area contributed by atoms with Crippen LogP contribution >= 0.6 is 24.0 Å². The molecule has 8 heteroatoms. The predicted octanol–water partition coefficient (Wildman–Crippen LogP) is 1.93. The molecule has 0 atom stereocenters. The van der Waals surface area contributed by atoms with E-state index in [9.17, 15) is 0 Å². The first-order valence-corrected chi connectivity index (χ1v) is 9.40. The quantitative estimate of drug-likeness (QED) is 0.346. The highest BCUT2D eigenvalue weighted by atomic mass is 127. The number of piperazine rings is 1. The van der Waals surface area contributed by atoms with Crippen LogP contribution in [-0.4, -0.2) is 74.9 Å². The van der Waals surface area contributed by atoms with E-state index in [0.29, 0.717) is 13.1 Å². The monoisotopic (exact) mass is 490 g/mol. The zero-order valence-corrected chi connectivity index (χ0v) is 19.6. The highest BCUT2D eigenvalue weighted by Gasteiger charge is 2.19. The minimum absolute atomic E-state index is 0. The van der Waals surface area contributed by atoms with Gasteiger partial charge in [0.05, 0.1) is 12.1 Å². The van der Waals surface area contributed by atoms with Crippen molar-refractivity contribution in [2.45, 2.75) is 32.9 Å². The molecule has 0 bridgehead atoms. The standard InChI is InChI=1S/C19H34N6O.HI/c1-6-20-18(23-15-19(2,3)26-5)22-14-16-8-7-9-21-17(16)25-12-10-24(4)11-13-25;/h7-9H,6,10-15H2,1-5H3,(H2,20,22,23);1H. The van der Waals surface area contributed by atoms with Gasteiger partial charge in [0.1, 0.15) is 5.82 Å².